The molecule has 0 fully saturated rings. The minimum atomic E-state index is -0.126. The summed E-state index contributed by atoms with van der Waals surface area (Å²) in [5.41, 5.74) is 0.925. The monoisotopic (exact) mass is 284 g/mol. The Morgan fingerprint density at radius 1 is 1.56 bits per heavy atom. The second kappa shape index (κ2) is 5.28. The van der Waals surface area contributed by atoms with Crippen molar-refractivity contribution in [2.45, 2.75) is 13.5 Å². The molecule has 0 saturated heterocycles. The molecule has 2 heterocycles. The summed E-state index contributed by atoms with van der Waals surface area (Å²) in [4.78, 5) is 32.4. The zero-order valence-electron chi connectivity index (χ0n) is 9.36. The van der Waals surface area contributed by atoms with E-state index in [1.807, 2.05) is 0 Å². The summed E-state index contributed by atoms with van der Waals surface area (Å²) in [6, 6.07) is 0. The van der Waals surface area contributed by atoms with Gasteiger partial charge in [0.05, 0.1) is 12.1 Å². The number of nitrogens with zero attached hydrogens (tertiary/aromatic N) is 2. The molecule has 0 bridgehead atoms. The second-order valence-corrected chi connectivity index (χ2v) is 4.67. The Kier molecular flexibility index (Phi) is 3.73. The van der Waals surface area contributed by atoms with Crippen molar-refractivity contribution >= 4 is 35.0 Å². The number of rotatable bonds is 4. The van der Waals surface area contributed by atoms with Gasteiger partial charge in [-0.25, -0.2) is 9.97 Å². The number of hydrogen-bond donors (Lipinski definition) is 2. The highest BCUT2D eigenvalue weighted by Gasteiger charge is 2.10. The molecular formula is C10H9ClN4O2S. The van der Waals surface area contributed by atoms with E-state index in [1.165, 1.54) is 0 Å². The van der Waals surface area contributed by atoms with Gasteiger partial charge in [0.2, 0.25) is 0 Å². The molecule has 2 aromatic rings. The number of halogens is 1. The summed E-state index contributed by atoms with van der Waals surface area (Å²) in [5, 5.41) is 4.76. The summed E-state index contributed by atoms with van der Waals surface area (Å²) in [6.45, 7) is 2.03. The van der Waals surface area contributed by atoms with Crippen LogP contribution >= 0.6 is 22.9 Å². The lowest BCUT2D eigenvalue weighted by molar-refractivity contribution is 0.112. The van der Waals surface area contributed by atoms with Crippen molar-refractivity contribution in [1.82, 2.24) is 15.0 Å². The minimum absolute atomic E-state index is 0.110. The van der Waals surface area contributed by atoms with E-state index in [0.29, 0.717) is 30.2 Å². The maximum atomic E-state index is 11.0. The number of aromatic amines is 1. The molecule has 0 unspecified atom stereocenters. The van der Waals surface area contributed by atoms with Gasteiger partial charge in [0.25, 0.3) is 0 Å². The predicted octanol–water partition coefficient (Wildman–Crippen LogP) is 1.61. The average molecular weight is 285 g/mol. The van der Waals surface area contributed by atoms with Crippen molar-refractivity contribution in [3.05, 3.63) is 37.3 Å². The van der Waals surface area contributed by atoms with Gasteiger partial charge in [-0.1, -0.05) is 22.9 Å². The molecular weight excluding hydrogens is 276 g/mol. The summed E-state index contributed by atoms with van der Waals surface area (Å²) >= 11 is 6.92. The van der Waals surface area contributed by atoms with E-state index in [0.717, 1.165) is 11.3 Å². The Morgan fingerprint density at radius 3 is 2.94 bits per heavy atom. The van der Waals surface area contributed by atoms with Gasteiger partial charge >= 0.3 is 4.87 Å². The first-order valence-electron chi connectivity index (χ1n) is 5.00. The quantitative estimate of drug-likeness (QED) is 0.658. The highest BCUT2D eigenvalue weighted by molar-refractivity contribution is 7.07. The van der Waals surface area contributed by atoms with Crippen LogP contribution in [0.5, 0.6) is 0 Å². The summed E-state index contributed by atoms with van der Waals surface area (Å²) < 4.78 is 0. The number of aryl methyl sites for hydroxylation is 1. The van der Waals surface area contributed by atoms with Gasteiger partial charge in [-0.05, 0) is 6.92 Å². The molecule has 0 aromatic carbocycles. The van der Waals surface area contributed by atoms with E-state index in [-0.39, 0.29) is 15.6 Å². The summed E-state index contributed by atoms with van der Waals surface area (Å²) in [7, 11) is 0. The van der Waals surface area contributed by atoms with Gasteiger partial charge in [0, 0.05) is 11.1 Å². The van der Waals surface area contributed by atoms with Crippen LogP contribution in [0, 0.1) is 6.92 Å². The van der Waals surface area contributed by atoms with Crippen molar-refractivity contribution in [2.75, 3.05) is 5.32 Å². The number of aldehydes is 1. The van der Waals surface area contributed by atoms with Crippen LogP contribution in [0.3, 0.4) is 0 Å². The van der Waals surface area contributed by atoms with E-state index in [1.54, 1.807) is 12.3 Å². The third kappa shape index (κ3) is 2.74. The van der Waals surface area contributed by atoms with Gasteiger partial charge < -0.3 is 10.3 Å². The molecule has 2 rings (SSSR count). The third-order valence-electron chi connectivity index (χ3n) is 2.15. The average Bonchev–Trinajstić information content (AvgIpc) is 2.72. The molecule has 94 valence electrons. The fourth-order valence-electron chi connectivity index (χ4n) is 1.37. The molecule has 0 aliphatic carbocycles. The maximum Gasteiger partial charge on any atom is 0.304 e. The van der Waals surface area contributed by atoms with Crippen molar-refractivity contribution in [3.63, 3.8) is 0 Å². The van der Waals surface area contributed by atoms with Crippen molar-refractivity contribution in [1.29, 1.82) is 0 Å². The molecule has 0 aliphatic rings. The minimum Gasteiger partial charge on any atom is -0.364 e. The Bertz CT molecular complexity index is 637. The number of carbonyl (C=O) groups excluding carboxylic acids is 1. The highest BCUT2D eigenvalue weighted by Crippen LogP contribution is 2.19. The Hall–Kier alpha value is -1.73. The van der Waals surface area contributed by atoms with Crippen LogP contribution < -0.4 is 10.2 Å². The molecule has 2 aromatic heterocycles. The maximum absolute atomic E-state index is 11.0. The van der Waals surface area contributed by atoms with E-state index in [2.05, 4.69) is 20.3 Å². The molecule has 0 atom stereocenters. The predicted molar refractivity (Wildman–Crippen MR) is 69.4 cm³/mol. The van der Waals surface area contributed by atoms with Crippen LogP contribution in [-0.4, -0.2) is 21.2 Å². The van der Waals surface area contributed by atoms with Crippen LogP contribution in [0.2, 0.25) is 5.15 Å². The molecule has 2 N–H and O–H groups in total. The third-order valence-corrected chi connectivity index (χ3v) is 3.15. The number of thiazole rings is 1. The van der Waals surface area contributed by atoms with Gasteiger partial charge in [0.1, 0.15) is 16.8 Å². The molecule has 0 saturated carbocycles. The first kappa shape index (κ1) is 12.7. The lowest BCUT2D eigenvalue weighted by Gasteiger charge is -2.08. The molecule has 0 aliphatic heterocycles. The van der Waals surface area contributed by atoms with E-state index in [4.69, 9.17) is 11.6 Å². The smallest absolute Gasteiger partial charge is 0.304 e. The van der Waals surface area contributed by atoms with E-state index in [9.17, 15) is 9.59 Å². The number of H-pyrrole nitrogens is 1. The summed E-state index contributed by atoms with van der Waals surface area (Å²) in [6.07, 6.45) is 0.598. The van der Waals surface area contributed by atoms with Crippen LogP contribution in [0.4, 0.5) is 5.82 Å². The topological polar surface area (TPSA) is 87.7 Å². The fourth-order valence-corrected chi connectivity index (χ4v) is 2.20. The molecule has 0 radical (unpaired) electrons. The second-order valence-electron chi connectivity index (χ2n) is 3.47. The number of nitrogens with one attached hydrogen (secondary N) is 2. The van der Waals surface area contributed by atoms with Gasteiger partial charge in [-0.15, -0.1) is 0 Å². The van der Waals surface area contributed by atoms with Crippen LogP contribution in [-0.2, 0) is 6.54 Å². The standard InChI is InChI=1S/C10H9ClN4O2S/c1-5-13-8(11)7(3-16)9(14-5)12-2-6-4-18-10(17)15-6/h3-4H,2H2,1H3,(H,15,17)(H,12,13,14). The van der Waals surface area contributed by atoms with Gasteiger partial charge in [-0.2, -0.15) is 0 Å². The number of aromatic nitrogens is 3. The number of carbonyl (C=O) groups is 1. The Labute approximate surface area is 111 Å². The molecule has 0 amide bonds. The van der Waals surface area contributed by atoms with Crippen LogP contribution in [0.15, 0.2) is 10.2 Å². The molecule has 0 spiro atoms. The molecule has 8 heteroatoms. The lowest BCUT2D eigenvalue weighted by Crippen LogP contribution is -2.08. The van der Waals surface area contributed by atoms with E-state index >= 15 is 0 Å². The van der Waals surface area contributed by atoms with Crippen molar-refractivity contribution in [2.24, 2.45) is 0 Å². The van der Waals surface area contributed by atoms with Crippen molar-refractivity contribution in [3.8, 4) is 0 Å². The Balaban J connectivity index is 2.23. The van der Waals surface area contributed by atoms with Crippen LogP contribution in [0.1, 0.15) is 21.9 Å². The largest absolute Gasteiger partial charge is 0.364 e. The zero-order valence-corrected chi connectivity index (χ0v) is 10.9. The number of anilines is 1. The SMILES string of the molecule is Cc1nc(Cl)c(C=O)c(NCc2csc(=O)[nH]2)n1. The first-order valence-corrected chi connectivity index (χ1v) is 6.26. The fraction of sp³-hybridized carbons (Fsp3) is 0.200. The molecule has 6 nitrogen and oxygen atoms in total. The summed E-state index contributed by atoms with van der Waals surface area (Å²) in [5.74, 6) is 0.821. The molecule has 18 heavy (non-hydrogen) atoms. The normalized spacial score (nSPS) is 10.3. The Morgan fingerprint density at radius 2 is 2.33 bits per heavy atom. The number of hydrogen-bond acceptors (Lipinski definition) is 6. The van der Waals surface area contributed by atoms with Crippen LogP contribution in [0.25, 0.3) is 0 Å². The van der Waals surface area contributed by atoms with Crippen molar-refractivity contribution < 1.29 is 4.79 Å². The highest BCUT2D eigenvalue weighted by atomic mass is 35.5. The van der Waals surface area contributed by atoms with Gasteiger partial charge in [-0.3, -0.25) is 9.59 Å². The first-order chi connectivity index (χ1) is 8.60. The van der Waals surface area contributed by atoms with Gasteiger partial charge in [0.15, 0.2) is 6.29 Å². The van der Waals surface area contributed by atoms with E-state index < -0.39 is 0 Å². The zero-order chi connectivity index (χ0) is 13.1. The lowest BCUT2D eigenvalue weighted by atomic mass is 10.3.